The first kappa shape index (κ1) is 22.1. The Kier molecular flexibility index (Phi) is 8.69. The maximum Gasteiger partial charge on any atom is 0.194 e. The number of guanidine groups is 1. The van der Waals surface area contributed by atoms with Gasteiger partial charge in [0.05, 0.1) is 14.2 Å². The molecule has 3 rings (SSSR count). The fourth-order valence-corrected chi connectivity index (χ4v) is 3.32. The summed E-state index contributed by atoms with van der Waals surface area (Å²) in [6.07, 6.45) is 0. The van der Waals surface area contributed by atoms with Crippen LogP contribution in [0, 0.1) is 0 Å². The van der Waals surface area contributed by atoms with Gasteiger partial charge in [0.2, 0.25) is 0 Å². The number of anilines is 1. The van der Waals surface area contributed by atoms with E-state index < -0.39 is 0 Å². The molecule has 0 spiro atoms. The van der Waals surface area contributed by atoms with Crippen molar-refractivity contribution in [2.24, 2.45) is 4.99 Å². The van der Waals surface area contributed by atoms with E-state index in [0.29, 0.717) is 6.54 Å². The number of hydrogen-bond acceptors (Lipinski definition) is 4. The Morgan fingerprint density at radius 3 is 2.32 bits per heavy atom. The van der Waals surface area contributed by atoms with E-state index in [-0.39, 0.29) is 24.0 Å². The molecule has 0 amide bonds. The lowest BCUT2D eigenvalue weighted by atomic mass is 10.2. The smallest absolute Gasteiger partial charge is 0.194 e. The van der Waals surface area contributed by atoms with Gasteiger partial charge in [-0.3, -0.25) is 4.99 Å². The van der Waals surface area contributed by atoms with Crippen LogP contribution in [0.15, 0.2) is 53.5 Å². The molecule has 0 atom stereocenters. The normalized spacial score (nSPS) is 14.3. The Labute approximate surface area is 184 Å². The SMILES string of the molecule is CN=C(NCc1ccc(OC)cc1OC)N1CCN(c2ccccc2)CC1.I. The highest BCUT2D eigenvalue weighted by atomic mass is 127. The van der Waals surface area contributed by atoms with Crippen LogP contribution in [0.1, 0.15) is 5.56 Å². The van der Waals surface area contributed by atoms with Crippen molar-refractivity contribution in [1.29, 1.82) is 0 Å². The van der Waals surface area contributed by atoms with Crippen molar-refractivity contribution >= 4 is 35.6 Å². The van der Waals surface area contributed by atoms with Crippen molar-refractivity contribution in [3.8, 4) is 11.5 Å². The van der Waals surface area contributed by atoms with Crippen LogP contribution in [0.3, 0.4) is 0 Å². The molecule has 0 aromatic heterocycles. The van der Waals surface area contributed by atoms with Gasteiger partial charge in [-0.1, -0.05) is 18.2 Å². The third-order valence-corrected chi connectivity index (χ3v) is 4.84. The molecule has 0 aliphatic carbocycles. The molecule has 1 aliphatic heterocycles. The van der Waals surface area contributed by atoms with Crippen molar-refractivity contribution in [2.45, 2.75) is 6.54 Å². The summed E-state index contributed by atoms with van der Waals surface area (Å²) in [7, 11) is 5.16. The second-order valence-electron chi connectivity index (χ2n) is 6.39. The Morgan fingerprint density at radius 1 is 1.00 bits per heavy atom. The Balaban J connectivity index is 0.00000280. The second-order valence-corrected chi connectivity index (χ2v) is 6.39. The average molecular weight is 496 g/mol. The molecule has 0 radical (unpaired) electrons. The van der Waals surface area contributed by atoms with E-state index in [1.807, 2.05) is 25.2 Å². The molecule has 1 aliphatic rings. The first-order chi connectivity index (χ1) is 13.2. The van der Waals surface area contributed by atoms with Gasteiger partial charge in [0.25, 0.3) is 0 Å². The highest BCUT2D eigenvalue weighted by Crippen LogP contribution is 2.24. The number of benzene rings is 2. The molecular weight excluding hydrogens is 467 g/mol. The largest absolute Gasteiger partial charge is 0.497 e. The molecule has 2 aromatic rings. The van der Waals surface area contributed by atoms with Gasteiger partial charge >= 0.3 is 0 Å². The van der Waals surface area contributed by atoms with Crippen molar-refractivity contribution in [2.75, 3.05) is 52.3 Å². The van der Waals surface area contributed by atoms with E-state index in [1.54, 1.807) is 14.2 Å². The van der Waals surface area contributed by atoms with Crippen LogP contribution in [-0.4, -0.2) is 58.3 Å². The van der Waals surface area contributed by atoms with Gasteiger partial charge in [0, 0.05) is 57.1 Å². The monoisotopic (exact) mass is 496 g/mol. The number of halogens is 1. The first-order valence-corrected chi connectivity index (χ1v) is 9.21. The zero-order valence-electron chi connectivity index (χ0n) is 16.7. The zero-order valence-corrected chi connectivity index (χ0v) is 19.1. The molecule has 1 heterocycles. The number of methoxy groups -OCH3 is 2. The molecule has 152 valence electrons. The minimum absolute atomic E-state index is 0. The number of para-hydroxylation sites is 1. The maximum absolute atomic E-state index is 5.48. The lowest BCUT2D eigenvalue weighted by Gasteiger charge is -2.37. The van der Waals surface area contributed by atoms with Crippen LogP contribution >= 0.6 is 24.0 Å². The van der Waals surface area contributed by atoms with Crippen molar-refractivity contribution < 1.29 is 9.47 Å². The number of rotatable bonds is 5. The Bertz CT molecular complexity index is 762. The molecule has 1 saturated heterocycles. The highest BCUT2D eigenvalue weighted by Gasteiger charge is 2.20. The van der Waals surface area contributed by atoms with E-state index >= 15 is 0 Å². The highest BCUT2D eigenvalue weighted by molar-refractivity contribution is 14.0. The molecule has 6 nitrogen and oxygen atoms in total. The molecule has 1 N–H and O–H groups in total. The molecule has 0 unspecified atom stereocenters. The summed E-state index contributed by atoms with van der Waals surface area (Å²) in [5.41, 5.74) is 2.35. The summed E-state index contributed by atoms with van der Waals surface area (Å²) >= 11 is 0. The van der Waals surface area contributed by atoms with Gasteiger partial charge in [-0.15, -0.1) is 24.0 Å². The van der Waals surface area contributed by atoms with Gasteiger partial charge < -0.3 is 24.6 Å². The Hall–Kier alpha value is -2.16. The number of piperazine rings is 1. The van der Waals surface area contributed by atoms with Gasteiger partial charge in [-0.25, -0.2) is 0 Å². The molecule has 7 heteroatoms. The second kappa shape index (κ2) is 11.0. The molecule has 1 fully saturated rings. The van der Waals surface area contributed by atoms with Crippen molar-refractivity contribution in [3.05, 3.63) is 54.1 Å². The predicted octanol–water partition coefficient (Wildman–Crippen LogP) is 3.22. The van der Waals surface area contributed by atoms with Crippen molar-refractivity contribution in [1.82, 2.24) is 10.2 Å². The summed E-state index contributed by atoms with van der Waals surface area (Å²) in [6, 6.07) is 16.4. The van der Waals surface area contributed by atoms with Crippen LogP contribution < -0.4 is 19.7 Å². The van der Waals surface area contributed by atoms with Gasteiger partial charge in [0.1, 0.15) is 11.5 Å². The molecule has 28 heavy (non-hydrogen) atoms. The minimum atomic E-state index is 0. The van der Waals surface area contributed by atoms with Crippen molar-refractivity contribution in [3.63, 3.8) is 0 Å². The van der Waals surface area contributed by atoms with Gasteiger partial charge in [-0.2, -0.15) is 0 Å². The van der Waals surface area contributed by atoms with Gasteiger partial charge in [-0.05, 0) is 24.3 Å². The number of nitrogens with one attached hydrogen (secondary N) is 1. The van der Waals surface area contributed by atoms with Gasteiger partial charge in [0.15, 0.2) is 5.96 Å². The summed E-state index contributed by atoms with van der Waals surface area (Å²) in [4.78, 5) is 9.18. The van der Waals surface area contributed by atoms with Crippen LogP contribution in [0.25, 0.3) is 0 Å². The molecule has 0 saturated carbocycles. The van der Waals surface area contributed by atoms with E-state index in [1.165, 1.54) is 5.69 Å². The van der Waals surface area contributed by atoms with E-state index in [0.717, 1.165) is 49.2 Å². The summed E-state index contributed by atoms with van der Waals surface area (Å²) in [5.74, 6) is 2.52. The standard InChI is InChI=1S/C21H28N4O2.HI/c1-22-21(23-16-17-9-10-19(26-2)15-20(17)27-3)25-13-11-24(12-14-25)18-7-5-4-6-8-18;/h4-10,15H,11-14,16H2,1-3H3,(H,22,23);1H. The minimum Gasteiger partial charge on any atom is -0.497 e. The fourth-order valence-electron chi connectivity index (χ4n) is 3.32. The van der Waals surface area contributed by atoms with Crippen LogP contribution in [0.2, 0.25) is 0 Å². The quantitative estimate of drug-likeness (QED) is 0.392. The van der Waals surface area contributed by atoms with Crippen LogP contribution in [0.5, 0.6) is 11.5 Å². The average Bonchev–Trinajstić information content (AvgIpc) is 2.75. The van der Waals surface area contributed by atoms with E-state index in [2.05, 4.69) is 50.4 Å². The topological polar surface area (TPSA) is 49.3 Å². The maximum atomic E-state index is 5.48. The lowest BCUT2D eigenvalue weighted by molar-refractivity contribution is 0.370. The van der Waals surface area contributed by atoms with Crippen LogP contribution in [0.4, 0.5) is 5.69 Å². The predicted molar refractivity (Wildman–Crippen MR) is 125 cm³/mol. The third-order valence-electron chi connectivity index (χ3n) is 4.84. The number of ether oxygens (including phenoxy) is 2. The number of nitrogens with zero attached hydrogens (tertiary/aromatic N) is 3. The fraction of sp³-hybridized carbons (Fsp3) is 0.381. The molecular formula is C21H29IN4O2. The van der Waals surface area contributed by atoms with E-state index in [9.17, 15) is 0 Å². The summed E-state index contributed by atoms with van der Waals surface area (Å²) < 4.78 is 10.7. The first-order valence-electron chi connectivity index (χ1n) is 9.21. The zero-order chi connectivity index (χ0) is 19.1. The third kappa shape index (κ3) is 5.43. The summed E-state index contributed by atoms with van der Waals surface area (Å²) in [6.45, 7) is 4.49. The Morgan fingerprint density at radius 2 is 1.71 bits per heavy atom. The van der Waals surface area contributed by atoms with Crippen LogP contribution in [-0.2, 0) is 6.54 Å². The molecule has 0 bridgehead atoms. The summed E-state index contributed by atoms with van der Waals surface area (Å²) in [5, 5.41) is 3.46. The number of aliphatic imine (C=N–C) groups is 1. The van der Waals surface area contributed by atoms with E-state index in [4.69, 9.17) is 9.47 Å². The molecule has 2 aromatic carbocycles. The number of hydrogen-bond donors (Lipinski definition) is 1. The lowest BCUT2D eigenvalue weighted by Crippen LogP contribution is -2.52.